The smallest absolute Gasteiger partial charge is 0.0702 e. The van der Waals surface area contributed by atoms with Gasteiger partial charge in [0.25, 0.3) is 0 Å². The van der Waals surface area contributed by atoms with Crippen LogP contribution in [0.2, 0.25) is 0 Å². The number of terminal acetylenes is 1. The van der Waals surface area contributed by atoms with Crippen molar-refractivity contribution in [3.63, 3.8) is 0 Å². The molecule has 7 rings (SSSR count). The molecule has 0 N–H and O–H groups in total. The normalized spacial score (nSPS) is 15.1. The fraction of sp³-hybridized carbons (Fsp3) is 0.163. The molecule has 2 heteroatoms. The van der Waals surface area contributed by atoms with E-state index in [0.29, 0.717) is 12.3 Å². The molecule has 2 aliphatic rings. The molecule has 0 radical (unpaired) electrons. The summed E-state index contributed by atoms with van der Waals surface area (Å²) >= 11 is 0. The van der Waals surface area contributed by atoms with Crippen molar-refractivity contribution < 1.29 is 0 Å². The summed E-state index contributed by atoms with van der Waals surface area (Å²) in [6.45, 7) is 10.7. The van der Waals surface area contributed by atoms with Gasteiger partial charge >= 0.3 is 0 Å². The molecular weight excluding hydrogens is 544 g/mol. The highest BCUT2D eigenvalue weighted by Gasteiger charge is 2.35. The van der Waals surface area contributed by atoms with Gasteiger partial charge in [-0.2, -0.15) is 0 Å². The molecule has 3 aromatic carbocycles. The number of pyridine rings is 2. The lowest BCUT2D eigenvalue weighted by atomic mass is 9.76. The molecule has 2 heterocycles. The van der Waals surface area contributed by atoms with Crippen LogP contribution in [0, 0.1) is 19.3 Å². The number of hydrogen-bond acceptors (Lipinski definition) is 2. The van der Waals surface area contributed by atoms with Gasteiger partial charge in [0.15, 0.2) is 0 Å². The van der Waals surface area contributed by atoms with Crippen molar-refractivity contribution >= 4 is 50.0 Å². The minimum atomic E-state index is 0.316. The maximum Gasteiger partial charge on any atom is 0.0702 e. The molecule has 45 heavy (non-hydrogen) atoms. The van der Waals surface area contributed by atoms with Gasteiger partial charge < -0.3 is 0 Å². The Hall–Kier alpha value is -5.26. The van der Waals surface area contributed by atoms with Gasteiger partial charge in [0.1, 0.15) is 0 Å². The third-order valence-electron chi connectivity index (χ3n) is 9.13. The maximum absolute atomic E-state index is 5.53. The van der Waals surface area contributed by atoms with E-state index in [4.69, 9.17) is 16.4 Å². The first-order valence-corrected chi connectivity index (χ1v) is 15.8. The third-order valence-corrected chi connectivity index (χ3v) is 9.13. The largest absolute Gasteiger partial charge is 0.260 e. The molecule has 5 aromatic rings. The van der Waals surface area contributed by atoms with Gasteiger partial charge in [-0.05, 0) is 110 Å². The predicted molar refractivity (Wildman–Crippen MR) is 192 cm³/mol. The lowest BCUT2D eigenvalue weighted by molar-refractivity contribution is 0.819. The number of aromatic nitrogens is 2. The lowest BCUT2D eigenvalue weighted by Crippen LogP contribution is -2.07. The number of para-hydroxylation sites is 1. The van der Waals surface area contributed by atoms with Gasteiger partial charge in [-0.15, -0.1) is 12.3 Å². The fourth-order valence-corrected chi connectivity index (χ4v) is 7.06. The zero-order chi connectivity index (χ0) is 31.1. The summed E-state index contributed by atoms with van der Waals surface area (Å²) in [6.07, 6.45) is 20.5. The fourth-order valence-electron chi connectivity index (χ4n) is 7.06. The van der Waals surface area contributed by atoms with Gasteiger partial charge in [-0.25, -0.2) is 0 Å². The van der Waals surface area contributed by atoms with E-state index in [0.717, 1.165) is 46.1 Å². The summed E-state index contributed by atoms with van der Waals surface area (Å²) in [5, 5.41) is 3.77. The van der Waals surface area contributed by atoms with E-state index in [1.807, 2.05) is 12.1 Å². The second-order valence-electron chi connectivity index (χ2n) is 12.3. The quantitative estimate of drug-likeness (QED) is 0.141. The van der Waals surface area contributed by atoms with Crippen molar-refractivity contribution in [2.45, 2.75) is 46.0 Å². The maximum atomic E-state index is 5.53. The summed E-state index contributed by atoms with van der Waals surface area (Å²) in [6, 6.07) is 24.3. The molecule has 2 aromatic heterocycles. The molecule has 218 valence electrons. The van der Waals surface area contributed by atoms with Crippen LogP contribution in [-0.4, -0.2) is 9.97 Å². The van der Waals surface area contributed by atoms with Gasteiger partial charge in [0.05, 0.1) is 11.2 Å². The molecule has 0 saturated carbocycles. The van der Waals surface area contributed by atoms with Gasteiger partial charge in [0.2, 0.25) is 0 Å². The van der Waals surface area contributed by atoms with Crippen molar-refractivity contribution in [3.8, 4) is 12.3 Å². The van der Waals surface area contributed by atoms with Crippen LogP contribution in [0.3, 0.4) is 0 Å². The van der Waals surface area contributed by atoms with E-state index in [1.54, 1.807) is 0 Å². The predicted octanol–water partition coefficient (Wildman–Crippen LogP) is 11.0. The summed E-state index contributed by atoms with van der Waals surface area (Å²) in [5.74, 6) is 3.03. The molecule has 0 atom stereocenters. The monoisotopic (exact) mass is 580 g/mol. The Balaban J connectivity index is 1.57. The first-order valence-electron chi connectivity index (χ1n) is 15.8. The molecule has 2 aliphatic carbocycles. The number of nitrogens with zero attached hydrogens (tertiary/aromatic N) is 2. The van der Waals surface area contributed by atoms with Crippen LogP contribution < -0.4 is 0 Å². The average molecular weight is 581 g/mol. The Kier molecular flexibility index (Phi) is 7.40. The van der Waals surface area contributed by atoms with Crippen LogP contribution >= 0.6 is 0 Å². The zero-order valence-corrected chi connectivity index (χ0v) is 26.2. The Labute approximate surface area is 266 Å². The topological polar surface area (TPSA) is 25.8 Å². The van der Waals surface area contributed by atoms with Gasteiger partial charge in [-0.1, -0.05) is 93.3 Å². The molecule has 0 unspecified atom stereocenters. The van der Waals surface area contributed by atoms with Crippen LogP contribution in [0.1, 0.15) is 78.1 Å². The van der Waals surface area contributed by atoms with E-state index in [1.165, 1.54) is 55.3 Å². The molecule has 0 bridgehead atoms. The van der Waals surface area contributed by atoms with E-state index < -0.39 is 0 Å². The second kappa shape index (κ2) is 11.7. The highest BCUT2D eigenvalue weighted by Crippen LogP contribution is 2.57. The van der Waals surface area contributed by atoms with Crippen molar-refractivity contribution in [2.75, 3.05) is 0 Å². The number of fused-ring (bicyclic) bond motifs is 4. The number of rotatable bonds is 7. The SMILES string of the molecule is C#CC/C=C\CC=C1CC(c2cnc(C(C)C)c(C=C)c2)=C2C(=C1c1cnc3ccccc3c1)c1ccc(C)c3cccc2c13. The van der Waals surface area contributed by atoms with Crippen LogP contribution in [0.4, 0.5) is 0 Å². The summed E-state index contributed by atoms with van der Waals surface area (Å²) < 4.78 is 0. The van der Waals surface area contributed by atoms with Crippen molar-refractivity contribution in [1.82, 2.24) is 9.97 Å². The number of hydrogen-bond donors (Lipinski definition) is 0. The van der Waals surface area contributed by atoms with Crippen LogP contribution in [0.5, 0.6) is 0 Å². The van der Waals surface area contributed by atoms with Crippen LogP contribution in [0.15, 0.2) is 110 Å². The number of benzene rings is 3. The summed E-state index contributed by atoms with van der Waals surface area (Å²) in [4.78, 5) is 9.93. The number of aryl methyl sites for hydroxylation is 1. The van der Waals surface area contributed by atoms with E-state index in [2.05, 4.69) is 125 Å². The van der Waals surface area contributed by atoms with E-state index >= 15 is 0 Å². The first-order chi connectivity index (χ1) is 22.0. The van der Waals surface area contributed by atoms with E-state index in [-0.39, 0.29) is 0 Å². The molecule has 0 fully saturated rings. The molecule has 0 amide bonds. The highest BCUT2D eigenvalue weighted by atomic mass is 14.7. The average Bonchev–Trinajstić information content (AvgIpc) is 3.40. The Bertz CT molecular complexity index is 2190. The highest BCUT2D eigenvalue weighted by molar-refractivity contribution is 6.35. The summed E-state index contributed by atoms with van der Waals surface area (Å²) in [7, 11) is 0. The summed E-state index contributed by atoms with van der Waals surface area (Å²) in [5.41, 5.74) is 15.8. The standard InChI is InChI=1S/C43H36N2/c1-6-8-9-10-11-16-31-24-37(32-22-29(7-2)43(27(3)4)45-25-32)41-35-18-14-17-34-28(5)20-21-36(40(34)35)42(41)39(31)33-23-30-15-12-13-19-38(30)44-26-33/h1,7,9-10,12-23,25-27H,2,8,11,24H2,3-5H3/b10-9-,31-16?. The molecule has 0 spiro atoms. The van der Waals surface area contributed by atoms with Crippen molar-refractivity contribution in [3.05, 3.63) is 149 Å². The lowest BCUT2D eigenvalue weighted by Gasteiger charge is -2.27. The second-order valence-corrected chi connectivity index (χ2v) is 12.3. The minimum absolute atomic E-state index is 0.316. The first kappa shape index (κ1) is 28.5. The molecule has 2 nitrogen and oxygen atoms in total. The minimum Gasteiger partial charge on any atom is -0.260 e. The van der Waals surface area contributed by atoms with E-state index in [9.17, 15) is 0 Å². The van der Waals surface area contributed by atoms with Crippen LogP contribution in [0.25, 0.3) is 50.0 Å². The Morgan fingerprint density at radius 2 is 1.71 bits per heavy atom. The van der Waals surface area contributed by atoms with Gasteiger partial charge in [-0.3, -0.25) is 9.97 Å². The van der Waals surface area contributed by atoms with Crippen molar-refractivity contribution in [1.29, 1.82) is 0 Å². The molecule has 0 saturated heterocycles. The third kappa shape index (κ3) is 4.86. The number of allylic oxidation sites excluding steroid dienone is 8. The molecule has 0 aliphatic heterocycles. The van der Waals surface area contributed by atoms with Crippen LogP contribution in [-0.2, 0) is 0 Å². The van der Waals surface area contributed by atoms with Crippen molar-refractivity contribution in [2.24, 2.45) is 0 Å². The van der Waals surface area contributed by atoms with Gasteiger partial charge in [0, 0.05) is 29.8 Å². The Morgan fingerprint density at radius 3 is 2.53 bits per heavy atom. The Morgan fingerprint density at radius 1 is 0.889 bits per heavy atom. The molecular formula is C43H36N2. The zero-order valence-electron chi connectivity index (χ0n) is 26.2.